The smallest absolute Gasteiger partial charge is 0.0850 e. The number of hydrogen-bond donors (Lipinski definition) is 5. The van der Waals surface area contributed by atoms with Crippen LogP contribution < -0.4 is 0 Å². The van der Waals surface area contributed by atoms with Crippen molar-refractivity contribution in [3.8, 4) is 0 Å². The van der Waals surface area contributed by atoms with E-state index in [9.17, 15) is 25.5 Å². The Balaban J connectivity index is 4.28. The average molecular weight is 495 g/mol. The number of aliphatic hydroxyl groups excluding tert-OH is 3. The van der Waals surface area contributed by atoms with Crippen molar-refractivity contribution in [3.05, 3.63) is 46.6 Å². The Morgan fingerprint density at radius 2 is 1.00 bits per heavy atom. The number of allylic oxidation sites excluding steroid dienone is 7. The van der Waals surface area contributed by atoms with Gasteiger partial charge in [0.15, 0.2) is 0 Å². The summed E-state index contributed by atoms with van der Waals surface area (Å²) < 4.78 is 0. The molecule has 5 nitrogen and oxygen atoms in total. The Bertz CT molecular complexity index is 716. The van der Waals surface area contributed by atoms with Crippen molar-refractivity contribution in [2.75, 3.05) is 0 Å². The SMILES string of the molecule is CC(=CCCC=C(C)CCC=C(C)[C@H](O)C[C@H](O)C(C)(C)O)CCC=C(C)CC[C@H](O)C(C)(C)O. The zero-order chi connectivity index (χ0) is 27.2. The minimum atomic E-state index is -1.22. The van der Waals surface area contributed by atoms with Crippen molar-refractivity contribution < 1.29 is 25.5 Å². The van der Waals surface area contributed by atoms with Gasteiger partial charge < -0.3 is 25.5 Å². The van der Waals surface area contributed by atoms with Crippen LogP contribution >= 0.6 is 0 Å². The molecule has 0 aliphatic rings. The zero-order valence-electron chi connectivity index (χ0n) is 23.6. The molecule has 0 saturated heterocycles. The Hall–Kier alpha value is -1.24. The third-order valence-electron chi connectivity index (χ3n) is 6.60. The summed E-state index contributed by atoms with van der Waals surface area (Å²) >= 11 is 0. The van der Waals surface area contributed by atoms with Crippen molar-refractivity contribution >= 4 is 0 Å². The highest BCUT2D eigenvalue weighted by atomic mass is 16.3. The lowest BCUT2D eigenvalue weighted by Crippen LogP contribution is -2.38. The maximum Gasteiger partial charge on any atom is 0.0850 e. The third kappa shape index (κ3) is 17.0. The van der Waals surface area contributed by atoms with E-state index >= 15 is 0 Å². The first kappa shape index (κ1) is 33.8. The van der Waals surface area contributed by atoms with Gasteiger partial charge in [0.1, 0.15) is 0 Å². The van der Waals surface area contributed by atoms with Crippen LogP contribution in [0.25, 0.3) is 0 Å². The zero-order valence-corrected chi connectivity index (χ0v) is 23.6. The Morgan fingerprint density at radius 3 is 1.46 bits per heavy atom. The van der Waals surface area contributed by atoms with Gasteiger partial charge in [-0.1, -0.05) is 41.0 Å². The van der Waals surface area contributed by atoms with E-state index in [1.54, 1.807) is 27.7 Å². The summed E-state index contributed by atoms with van der Waals surface area (Å²) in [6, 6.07) is 0. The summed E-state index contributed by atoms with van der Waals surface area (Å²) in [4.78, 5) is 0. The van der Waals surface area contributed by atoms with E-state index in [2.05, 4.69) is 39.0 Å². The molecule has 0 saturated carbocycles. The predicted octanol–water partition coefficient (Wildman–Crippen LogP) is 5.91. The maximum absolute atomic E-state index is 10.2. The predicted molar refractivity (Wildman–Crippen MR) is 147 cm³/mol. The summed E-state index contributed by atoms with van der Waals surface area (Å²) in [5, 5.41) is 49.7. The summed E-state index contributed by atoms with van der Waals surface area (Å²) in [7, 11) is 0. The van der Waals surface area contributed by atoms with Crippen molar-refractivity contribution in [1.29, 1.82) is 0 Å². The Morgan fingerprint density at radius 1 is 0.600 bits per heavy atom. The summed E-state index contributed by atoms with van der Waals surface area (Å²) in [5.74, 6) is 0. The minimum absolute atomic E-state index is 0.132. The van der Waals surface area contributed by atoms with E-state index < -0.39 is 29.5 Å². The molecule has 5 heteroatoms. The summed E-state index contributed by atoms with van der Waals surface area (Å²) in [6.07, 6.45) is 13.8. The molecule has 0 amide bonds. The monoisotopic (exact) mass is 494 g/mol. The number of hydrogen-bond acceptors (Lipinski definition) is 5. The fourth-order valence-electron chi connectivity index (χ4n) is 3.58. The van der Waals surface area contributed by atoms with Crippen LogP contribution in [0.4, 0.5) is 0 Å². The van der Waals surface area contributed by atoms with Crippen LogP contribution in [0.15, 0.2) is 46.6 Å². The molecule has 0 radical (unpaired) electrons. The Kier molecular flexibility index (Phi) is 15.9. The number of aliphatic hydroxyl groups is 5. The molecule has 204 valence electrons. The molecule has 0 aromatic rings. The largest absolute Gasteiger partial charge is 0.390 e. The molecule has 3 atom stereocenters. The number of unbranched alkanes of at least 4 members (excludes halogenated alkanes) is 1. The average Bonchev–Trinajstić information content (AvgIpc) is 2.73. The van der Waals surface area contributed by atoms with Gasteiger partial charge >= 0.3 is 0 Å². The highest BCUT2D eigenvalue weighted by Gasteiger charge is 2.27. The molecule has 0 aliphatic heterocycles. The lowest BCUT2D eigenvalue weighted by Gasteiger charge is -2.26. The van der Waals surface area contributed by atoms with Crippen LogP contribution in [0.3, 0.4) is 0 Å². The van der Waals surface area contributed by atoms with Gasteiger partial charge in [-0.2, -0.15) is 0 Å². The lowest BCUT2D eigenvalue weighted by molar-refractivity contribution is -0.0640. The molecule has 0 spiro atoms. The van der Waals surface area contributed by atoms with Gasteiger partial charge in [0.25, 0.3) is 0 Å². The third-order valence-corrected chi connectivity index (χ3v) is 6.60. The van der Waals surface area contributed by atoms with E-state index in [1.807, 2.05) is 13.0 Å². The summed E-state index contributed by atoms with van der Waals surface area (Å²) in [6.45, 7) is 14.6. The van der Waals surface area contributed by atoms with Crippen LogP contribution in [-0.4, -0.2) is 55.0 Å². The number of rotatable bonds is 17. The van der Waals surface area contributed by atoms with E-state index in [1.165, 1.54) is 16.7 Å². The second-order valence-corrected chi connectivity index (χ2v) is 11.4. The van der Waals surface area contributed by atoms with Crippen LogP contribution in [0.5, 0.6) is 0 Å². The first-order chi connectivity index (χ1) is 16.0. The highest BCUT2D eigenvalue weighted by molar-refractivity contribution is 5.09. The molecule has 0 fully saturated rings. The molecule has 5 N–H and O–H groups in total. The fraction of sp³-hybridized carbons (Fsp3) is 0.733. The molecular formula is C30H54O5. The van der Waals surface area contributed by atoms with Crippen LogP contribution in [0.1, 0.15) is 113 Å². The molecule has 35 heavy (non-hydrogen) atoms. The minimum Gasteiger partial charge on any atom is -0.390 e. The van der Waals surface area contributed by atoms with Gasteiger partial charge in [-0.25, -0.2) is 0 Å². The molecule has 0 rings (SSSR count). The first-order valence-electron chi connectivity index (χ1n) is 13.2. The first-order valence-corrected chi connectivity index (χ1v) is 13.2. The fourth-order valence-corrected chi connectivity index (χ4v) is 3.58. The van der Waals surface area contributed by atoms with Gasteiger partial charge in [-0.3, -0.25) is 0 Å². The highest BCUT2D eigenvalue weighted by Crippen LogP contribution is 2.19. The Labute approximate surface area is 215 Å². The van der Waals surface area contributed by atoms with Gasteiger partial charge in [0.05, 0.1) is 29.5 Å². The van der Waals surface area contributed by atoms with Crippen LogP contribution in [0, 0.1) is 0 Å². The molecule has 0 aromatic heterocycles. The lowest BCUT2D eigenvalue weighted by atomic mass is 9.93. The van der Waals surface area contributed by atoms with Crippen molar-refractivity contribution in [1.82, 2.24) is 0 Å². The van der Waals surface area contributed by atoms with Gasteiger partial charge in [-0.15, -0.1) is 0 Å². The normalized spacial score (nSPS) is 17.5. The van der Waals surface area contributed by atoms with Crippen molar-refractivity contribution in [2.24, 2.45) is 0 Å². The van der Waals surface area contributed by atoms with Crippen LogP contribution in [0.2, 0.25) is 0 Å². The standard InChI is InChI=1S/C30H54O5/c1-22(15-11-16-24(3)19-20-27(32)29(5,6)34)13-9-10-14-23(2)17-12-18-25(4)26(31)21-28(33)30(7,8)35/h13-14,16,18,26-28,31-35H,9-12,15,17,19-21H2,1-8H3/t26-,27+,28+/m1/s1. The van der Waals surface area contributed by atoms with E-state index in [0.29, 0.717) is 6.42 Å². The van der Waals surface area contributed by atoms with E-state index in [4.69, 9.17) is 0 Å². The van der Waals surface area contributed by atoms with Crippen LogP contribution in [-0.2, 0) is 0 Å². The molecule has 0 unspecified atom stereocenters. The quantitative estimate of drug-likeness (QED) is 0.128. The summed E-state index contributed by atoms with van der Waals surface area (Å²) in [5.41, 5.74) is 2.54. The van der Waals surface area contributed by atoms with Gasteiger partial charge in [0, 0.05) is 6.42 Å². The van der Waals surface area contributed by atoms with Crippen molar-refractivity contribution in [2.45, 2.75) is 143 Å². The molecule has 0 bridgehead atoms. The maximum atomic E-state index is 10.2. The molecular weight excluding hydrogens is 440 g/mol. The van der Waals surface area contributed by atoms with E-state index in [-0.39, 0.29) is 6.42 Å². The van der Waals surface area contributed by atoms with Gasteiger partial charge in [-0.05, 0) is 112 Å². The molecule has 0 heterocycles. The van der Waals surface area contributed by atoms with E-state index in [0.717, 1.165) is 50.5 Å². The second-order valence-electron chi connectivity index (χ2n) is 11.4. The van der Waals surface area contributed by atoms with Crippen molar-refractivity contribution in [3.63, 3.8) is 0 Å². The topological polar surface area (TPSA) is 101 Å². The second kappa shape index (κ2) is 16.5. The molecule has 0 aliphatic carbocycles. The molecule has 0 aromatic carbocycles. The van der Waals surface area contributed by atoms with Gasteiger partial charge in [0.2, 0.25) is 0 Å².